The first kappa shape index (κ1) is 19.9. The summed E-state index contributed by atoms with van der Waals surface area (Å²) >= 11 is 0. The van der Waals surface area contributed by atoms with Gasteiger partial charge in [-0.05, 0) is 52.7 Å². The Hall–Kier alpha value is -1.44. The fourth-order valence-electron chi connectivity index (χ4n) is 2.87. The highest BCUT2D eigenvalue weighted by molar-refractivity contribution is 5.96. The van der Waals surface area contributed by atoms with Crippen LogP contribution in [0.5, 0.6) is 0 Å². The molecule has 0 aliphatic carbocycles. The molecule has 0 aromatic carbocycles. The van der Waals surface area contributed by atoms with Crippen LogP contribution in [0.15, 0.2) is 10.6 Å². The molecule has 0 spiro atoms. The number of nitrogens with one attached hydrogen (secondary N) is 2. The Morgan fingerprint density at radius 1 is 1.48 bits per heavy atom. The SMILES string of the molecule is CN(C[C@H]1CCCNC1)C(C)(C)C(=O)Nc1cc(C(C)(C)CO)no1. The van der Waals surface area contributed by atoms with E-state index in [0.29, 0.717) is 17.5 Å². The molecule has 1 saturated heterocycles. The molecule has 1 aromatic rings. The van der Waals surface area contributed by atoms with E-state index in [9.17, 15) is 9.90 Å². The van der Waals surface area contributed by atoms with Crippen LogP contribution in [-0.2, 0) is 10.2 Å². The van der Waals surface area contributed by atoms with Gasteiger partial charge in [-0.1, -0.05) is 19.0 Å². The van der Waals surface area contributed by atoms with E-state index < -0.39 is 11.0 Å². The first-order valence-electron chi connectivity index (χ1n) is 8.98. The van der Waals surface area contributed by atoms with E-state index in [1.165, 1.54) is 12.8 Å². The van der Waals surface area contributed by atoms with Crippen molar-refractivity contribution in [2.45, 2.75) is 51.5 Å². The normalized spacial score (nSPS) is 19.2. The van der Waals surface area contributed by atoms with E-state index in [0.717, 1.165) is 19.6 Å². The Kier molecular flexibility index (Phi) is 6.24. The maximum atomic E-state index is 12.7. The fourth-order valence-corrected chi connectivity index (χ4v) is 2.87. The molecule has 0 bridgehead atoms. The minimum Gasteiger partial charge on any atom is -0.395 e. The van der Waals surface area contributed by atoms with Crippen LogP contribution in [0, 0.1) is 5.92 Å². The molecule has 1 aliphatic heterocycles. The van der Waals surface area contributed by atoms with E-state index >= 15 is 0 Å². The Bertz CT molecular complexity index is 577. The molecule has 2 heterocycles. The van der Waals surface area contributed by atoms with Gasteiger partial charge < -0.3 is 14.9 Å². The van der Waals surface area contributed by atoms with E-state index in [1.54, 1.807) is 6.07 Å². The number of piperidine rings is 1. The number of hydrogen-bond acceptors (Lipinski definition) is 6. The summed E-state index contributed by atoms with van der Waals surface area (Å²) in [5.41, 5.74) is -0.561. The van der Waals surface area contributed by atoms with Gasteiger partial charge in [0.1, 0.15) is 0 Å². The third-order valence-corrected chi connectivity index (χ3v) is 5.28. The molecule has 1 aromatic heterocycles. The lowest BCUT2D eigenvalue weighted by Gasteiger charge is -2.37. The molecule has 1 fully saturated rings. The zero-order chi connectivity index (χ0) is 18.7. The van der Waals surface area contributed by atoms with Crippen LogP contribution >= 0.6 is 0 Å². The van der Waals surface area contributed by atoms with Crippen LogP contribution in [-0.4, -0.2) is 59.9 Å². The van der Waals surface area contributed by atoms with Crippen LogP contribution in [0.2, 0.25) is 0 Å². The zero-order valence-corrected chi connectivity index (χ0v) is 16.1. The van der Waals surface area contributed by atoms with Gasteiger partial charge in [-0.25, -0.2) is 0 Å². The summed E-state index contributed by atoms with van der Waals surface area (Å²) in [5, 5.41) is 19.6. The molecule has 7 heteroatoms. The topological polar surface area (TPSA) is 90.6 Å². The van der Waals surface area contributed by atoms with E-state index in [2.05, 4.69) is 20.7 Å². The van der Waals surface area contributed by atoms with Crippen LogP contribution in [0.3, 0.4) is 0 Å². The molecular weight excluding hydrogens is 320 g/mol. The molecular formula is C18H32N4O3. The van der Waals surface area contributed by atoms with Gasteiger partial charge in [-0.2, -0.15) is 0 Å². The van der Waals surface area contributed by atoms with Crippen LogP contribution in [0.4, 0.5) is 5.88 Å². The van der Waals surface area contributed by atoms with Gasteiger partial charge in [0.15, 0.2) is 0 Å². The summed E-state index contributed by atoms with van der Waals surface area (Å²) in [5.74, 6) is 0.735. The number of nitrogens with zero attached hydrogens (tertiary/aromatic N) is 2. The third kappa shape index (κ3) is 4.80. The average molecular weight is 352 g/mol. The molecule has 142 valence electrons. The van der Waals surface area contributed by atoms with Gasteiger partial charge in [0, 0.05) is 18.0 Å². The zero-order valence-electron chi connectivity index (χ0n) is 16.1. The van der Waals surface area contributed by atoms with Gasteiger partial charge >= 0.3 is 0 Å². The summed E-state index contributed by atoms with van der Waals surface area (Å²) in [6, 6.07) is 1.68. The summed E-state index contributed by atoms with van der Waals surface area (Å²) < 4.78 is 5.23. The minimum absolute atomic E-state index is 0.0451. The number of anilines is 1. The molecule has 1 amide bonds. The van der Waals surface area contributed by atoms with Gasteiger partial charge in [0.2, 0.25) is 11.8 Å². The molecule has 0 radical (unpaired) electrons. The first-order valence-corrected chi connectivity index (χ1v) is 8.98. The van der Waals surface area contributed by atoms with E-state index in [4.69, 9.17) is 4.52 Å². The first-order chi connectivity index (χ1) is 11.7. The number of likely N-dealkylation sites (N-methyl/N-ethyl adjacent to an activating group) is 1. The second-order valence-corrected chi connectivity index (χ2v) is 8.22. The number of carbonyl (C=O) groups is 1. The monoisotopic (exact) mass is 352 g/mol. The van der Waals surface area contributed by atoms with E-state index in [-0.39, 0.29) is 12.5 Å². The van der Waals surface area contributed by atoms with Crippen molar-refractivity contribution in [1.29, 1.82) is 0 Å². The second-order valence-electron chi connectivity index (χ2n) is 8.22. The van der Waals surface area contributed by atoms with Gasteiger partial charge in [0.25, 0.3) is 0 Å². The molecule has 0 unspecified atom stereocenters. The van der Waals surface area contributed by atoms with Crippen LogP contribution < -0.4 is 10.6 Å². The second kappa shape index (κ2) is 7.85. The highest BCUT2D eigenvalue weighted by atomic mass is 16.5. The number of aromatic nitrogens is 1. The number of amides is 1. The predicted octanol–water partition coefficient (Wildman–Crippen LogP) is 1.59. The number of aliphatic hydroxyl groups excluding tert-OH is 1. The highest BCUT2D eigenvalue weighted by Crippen LogP contribution is 2.25. The molecule has 1 aliphatic rings. The molecule has 7 nitrogen and oxygen atoms in total. The van der Waals surface area contributed by atoms with Gasteiger partial charge in [0.05, 0.1) is 17.8 Å². The molecule has 1 atom stereocenters. The number of carbonyl (C=O) groups excluding carboxylic acids is 1. The lowest BCUT2D eigenvalue weighted by atomic mass is 9.91. The number of rotatable bonds is 7. The van der Waals surface area contributed by atoms with Crippen molar-refractivity contribution in [2.75, 3.05) is 38.6 Å². The van der Waals surface area contributed by atoms with Crippen molar-refractivity contribution < 1.29 is 14.4 Å². The highest BCUT2D eigenvalue weighted by Gasteiger charge is 2.34. The van der Waals surface area contributed by atoms with Crippen molar-refractivity contribution in [1.82, 2.24) is 15.4 Å². The molecule has 25 heavy (non-hydrogen) atoms. The maximum absolute atomic E-state index is 12.7. The van der Waals surface area contributed by atoms with E-state index in [1.807, 2.05) is 34.7 Å². The van der Waals surface area contributed by atoms with Crippen molar-refractivity contribution in [2.24, 2.45) is 5.92 Å². The quantitative estimate of drug-likeness (QED) is 0.690. The molecule has 2 rings (SSSR count). The van der Waals surface area contributed by atoms with Gasteiger partial charge in [-0.15, -0.1) is 0 Å². The summed E-state index contributed by atoms with van der Waals surface area (Å²) in [6.45, 7) is 10.5. The van der Waals surface area contributed by atoms with Crippen molar-refractivity contribution in [3.05, 3.63) is 11.8 Å². The number of hydrogen-bond donors (Lipinski definition) is 3. The Morgan fingerprint density at radius 2 is 2.20 bits per heavy atom. The van der Waals surface area contributed by atoms with Crippen molar-refractivity contribution >= 4 is 11.8 Å². The number of aliphatic hydroxyl groups is 1. The summed E-state index contributed by atoms with van der Waals surface area (Å²) in [4.78, 5) is 14.8. The largest absolute Gasteiger partial charge is 0.395 e. The van der Waals surface area contributed by atoms with Crippen LogP contribution in [0.1, 0.15) is 46.2 Å². The average Bonchev–Trinajstić information content (AvgIpc) is 3.05. The molecule has 0 saturated carbocycles. The lowest BCUT2D eigenvalue weighted by molar-refractivity contribution is -0.126. The maximum Gasteiger partial charge on any atom is 0.246 e. The third-order valence-electron chi connectivity index (χ3n) is 5.28. The summed E-state index contributed by atoms with van der Waals surface area (Å²) in [7, 11) is 1.98. The summed E-state index contributed by atoms with van der Waals surface area (Å²) in [6.07, 6.45) is 2.38. The standard InChI is InChI=1S/C18H32N4O3/c1-17(2,12-23)14-9-15(25-21-14)20-16(24)18(3,4)22(5)11-13-7-6-8-19-10-13/h9,13,19,23H,6-8,10-12H2,1-5H3,(H,20,24)/t13-/m0/s1. The Labute approximate surface area is 150 Å². The smallest absolute Gasteiger partial charge is 0.246 e. The lowest BCUT2D eigenvalue weighted by Crippen LogP contribution is -2.53. The van der Waals surface area contributed by atoms with Crippen molar-refractivity contribution in [3.8, 4) is 0 Å². The van der Waals surface area contributed by atoms with Crippen molar-refractivity contribution in [3.63, 3.8) is 0 Å². The predicted molar refractivity (Wildman–Crippen MR) is 97.5 cm³/mol. The Morgan fingerprint density at radius 3 is 2.80 bits per heavy atom. The molecule has 3 N–H and O–H groups in total. The van der Waals surface area contributed by atoms with Gasteiger partial charge in [-0.3, -0.25) is 15.0 Å². The minimum atomic E-state index is -0.670. The van der Waals surface area contributed by atoms with Crippen LogP contribution in [0.25, 0.3) is 0 Å². The fraction of sp³-hybridized carbons (Fsp3) is 0.778. The Balaban J connectivity index is 1.98.